The fraction of sp³-hybridized carbons (Fsp3) is 0.200. The zero-order valence-electron chi connectivity index (χ0n) is 7.73. The highest BCUT2D eigenvalue weighted by Crippen LogP contribution is 2.25. The van der Waals surface area contributed by atoms with Crippen molar-refractivity contribution >= 4 is 11.9 Å². The molecule has 14 heavy (non-hydrogen) atoms. The van der Waals surface area contributed by atoms with Crippen LogP contribution in [-0.4, -0.2) is 11.9 Å². The lowest BCUT2D eigenvalue weighted by Gasteiger charge is -2.11. The van der Waals surface area contributed by atoms with Crippen LogP contribution in [0, 0.1) is 6.92 Å². The maximum absolute atomic E-state index is 10.9. The molecule has 0 fully saturated rings. The van der Waals surface area contributed by atoms with E-state index in [1.807, 2.05) is 31.2 Å². The third-order valence-corrected chi connectivity index (χ3v) is 2.18. The van der Waals surface area contributed by atoms with E-state index in [1.54, 1.807) is 0 Å². The molecule has 1 aromatic rings. The van der Waals surface area contributed by atoms with Gasteiger partial charge >= 0.3 is 6.09 Å². The molecule has 1 aliphatic heterocycles. The smallest absolute Gasteiger partial charge is 0.431 e. The SMILES string of the molecule is Cc1ccccc1C1OC(=O)N=C1N. The largest absolute Gasteiger partial charge is 0.436 e. The molecule has 0 bridgehead atoms. The quantitative estimate of drug-likeness (QED) is 0.730. The third-order valence-electron chi connectivity index (χ3n) is 2.18. The summed E-state index contributed by atoms with van der Waals surface area (Å²) in [7, 11) is 0. The van der Waals surface area contributed by atoms with Crippen molar-refractivity contribution in [2.75, 3.05) is 0 Å². The second-order valence-corrected chi connectivity index (χ2v) is 3.16. The van der Waals surface area contributed by atoms with Crippen LogP contribution < -0.4 is 5.73 Å². The van der Waals surface area contributed by atoms with Gasteiger partial charge in [-0.15, -0.1) is 0 Å². The van der Waals surface area contributed by atoms with Crippen LogP contribution in [0.2, 0.25) is 0 Å². The van der Waals surface area contributed by atoms with Crippen molar-refractivity contribution in [1.82, 2.24) is 0 Å². The fourth-order valence-electron chi connectivity index (χ4n) is 1.46. The van der Waals surface area contributed by atoms with Crippen molar-refractivity contribution in [3.05, 3.63) is 35.4 Å². The van der Waals surface area contributed by atoms with Crippen LogP contribution in [-0.2, 0) is 4.74 Å². The van der Waals surface area contributed by atoms with E-state index in [-0.39, 0.29) is 5.84 Å². The zero-order valence-corrected chi connectivity index (χ0v) is 7.73. The molecule has 1 heterocycles. The average molecular weight is 190 g/mol. The Kier molecular flexibility index (Phi) is 1.96. The monoisotopic (exact) mass is 190 g/mol. The van der Waals surface area contributed by atoms with Crippen LogP contribution in [0.4, 0.5) is 4.79 Å². The molecule has 1 atom stereocenters. The number of nitrogens with zero attached hydrogens (tertiary/aromatic N) is 1. The van der Waals surface area contributed by atoms with E-state index in [0.29, 0.717) is 0 Å². The molecule has 2 rings (SSSR count). The predicted molar refractivity (Wildman–Crippen MR) is 52.0 cm³/mol. The molecule has 2 N–H and O–H groups in total. The number of amides is 1. The first-order valence-corrected chi connectivity index (χ1v) is 4.28. The van der Waals surface area contributed by atoms with E-state index in [1.165, 1.54) is 0 Å². The number of nitrogens with two attached hydrogens (primary N) is 1. The van der Waals surface area contributed by atoms with Crippen molar-refractivity contribution in [1.29, 1.82) is 0 Å². The third kappa shape index (κ3) is 1.35. The van der Waals surface area contributed by atoms with Gasteiger partial charge in [0.15, 0.2) is 11.9 Å². The minimum absolute atomic E-state index is 0.226. The van der Waals surface area contributed by atoms with Gasteiger partial charge in [-0.2, -0.15) is 4.99 Å². The van der Waals surface area contributed by atoms with Crippen molar-refractivity contribution in [3.63, 3.8) is 0 Å². The summed E-state index contributed by atoms with van der Waals surface area (Å²) in [5, 5.41) is 0. The Balaban J connectivity index is 2.38. The van der Waals surface area contributed by atoms with Crippen LogP contribution in [0.25, 0.3) is 0 Å². The van der Waals surface area contributed by atoms with E-state index in [0.717, 1.165) is 11.1 Å². The van der Waals surface area contributed by atoms with Gasteiger partial charge < -0.3 is 10.5 Å². The molecule has 4 heteroatoms. The molecule has 1 aromatic carbocycles. The van der Waals surface area contributed by atoms with E-state index < -0.39 is 12.2 Å². The van der Waals surface area contributed by atoms with Gasteiger partial charge in [-0.1, -0.05) is 24.3 Å². The molecule has 0 saturated carbocycles. The first-order valence-electron chi connectivity index (χ1n) is 4.28. The summed E-state index contributed by atoms with van der Waals surface area (Å²) in [6.07, 6.45) is -1.13. The molecule has 0 aromatic heterocycles. The number of aliphatic imine (C=N–C) groups is 1. The van der Waals surface area contributed by atoms with Gasteiger partial charge in [0, 0.05) is 5.56 Å². The molecule has 0 radical (unpaired) electrons. The van der Waals surface area contributed by atoms with Gasteiger partial charge in [0.25, 0.3) is 0 Å². The number of hydrogen-bond donors (Lipinski definition) is 1. The standard InChI is InChI=1S/C10H10N2O2/c1-6-4-2-3-5-7(6)8-9(11)12-10(13)14-8/h2-5,8H,1H3,(H2,11,12,13). The molecule has 1 amide bonds. The Morgan fingerprint density at radius 1 is 1.43 bits per heavy atom. The van der Waals surface area contributed by atoms with Gasteiger partial charge in [-0.25, -0.2) is 4.79 Å². The van der Waals surface area contributed by atoms with Gasteiger partial charge in [0.2, 0.25) is 0 Å². The van der Waals surface area contributed by atoms with E-state index in [2.05, 4.69) is 4.99 Å². The Morgan fingerprint density at radius 3 is 2.71 bits per heavy atom. The zero-order chi connectivity index (χ0) is 10.1. The Morgan fingerprint density at radius 2 is 2.14 bits per heavy atom. The summed E-state index contributed by atoms with van der Waals surface area (Å²) in [5.74, 6) is 0.226. The number of amidine groups is 1. The van der Waals surface area contributed by atoms with Crippen molar-refractivity contribution in [2.24, 2.45) is 10.7 Å². The highest BCUT2D eigenvalue weighted by atomic mass is 16.6. The van der Waals surface area contributed by atoms with Crippen molar-refractivity contribution in [2.45, 2.75) is 13.0 Å². The minimum Gasteiger partial charge on any atom is -0.431 e. The summed E-state index contributed by atoms with van der Waals surface area (Å²) in [5.41, 5.74) is 7.50. The number of carbonyl (C=O) groups is 1. The highest BCUT2D eigenvalue weighted by molar-refractivity contribution is 5.99. The van der Waals surface area contributed by atoms with Crippen molar-refractivity contribution in [3.8, 4) is 0 Å². The summed E-state index contributed by atoms with van der Waals surface area (Å²) in [6.45, 7) is 1.94. The van der Waals surface area contributed by atoms with E-state index in [9.17, 15) is 4.79 Å². The topological polar surface area (TPSA) is 64.7 Å². The van der Waals surface area contributed by atoms with Crippen LogP contribution in [0.15, 0.2) is 29.3 Å². The fourth-order valence-corrected chi connectivity index (χ4v) is 1.46. The Hall–Kier alpha value is -1.84. The normalized spacial score (nSPS) is 20.5. The molecule has 0 saturated heterocycles. The number of cyclic esters (lactones) is 1. The van der Waals surface area contributed by atoms with E-state index >= 15 is 0 Å². The molecule has 1 unspecified atom stereocenters. The molecule has 4 nitrogen and oxygen atoms in total. The second kappa shape index (κ2) is 3.14. The summed E-state index contributed by atoms with van der Waals surface area (Å²) in [4.78, 5) is 14.4. The molecule has 1 aliphatic rings. The highest BCUT2D eigenvalue weighted by Gasteiger charge is 2.28. The lowest BCUT2D eigenvalue weighted by atomic mass is 10.0. The second-order valence-electron chi connectivity index (χ2n) is 3.16. The molecular formula is C10H10N2O2. The lowest BCUT2D eigenvalue weighted by Crippen LogP contribution is -2.19. The molecular weight excluding hydrogens is 180 g/mol. The molecule has 0 spiro atoms. The van der Waals surface area contributed by atoms with Gasteiger partial charge in [0.1, 0.15) is 0 Å². The number of ether oxygens (including phenoxy) is 1. The number of aryl methyl sites for hydroxylation is 1. The minimum atomic E-state index is -0.615. The first kappa shape index (κ1) is 8.74. The predicted octanol–water partition coefficient (Wildman–Crippen LogP) is 1.54. The van der Waals surface area contributed by atoms with Gasteiger partial charge in [0.05, 0.1) is 0 Å². The Bertz CT molecular complexity index is 412. The number of benzene rings is 1. The van der Waals surface area contributed by atoms with E-state index in [4.69, 9.17) is 10.5 Å². The average Bonchev–Trinajstić information content (AvgIpc) is 2.46. The molecule has 0 aliphatic carbocycles. The number of hydrogen-bond acceptors (Lipinski definition) is 3. The number of rotatable bonds is 1. The van der Waals surface area contributed by atoms with Crippen LogP contribution >= 0.6 is 0 Å². The summed E-state index contributed by atoms with van der Waals surface area (Å²) >= 11 is 0. The maximum Gasteiger partial charge on any atom is 0.436 e. The molecule has 72 valence electrons. The van der Waals surface area contributed by atoms with Crippen LogP contribution in [0.3, 0.4) is 0 Å². The number of carbonyl (C=O) groups excluding carboxylic acids is 1. The summed E-state index contributed by atoms with van der Waals surface area (Å²) in [6, 6.07) is 7.61. The van der Waals surface area contributed by atoms with Gasteiger partial charge in [-0.05, 0) is 12.5 Å². The first-order chi connectivity index (χ1) is 6.68. The lowest BCUT2D eigenvalue weighted by molar-refractivity contribution is 0.149. The maximum atomic E-state index is 10.9. The summed E-state index contributed by atoms with van der Waals surface area (Å²) < 4.78 is 4.97. The van der Waals surface area contributed by atoms with Crippen LogP contribution in [0.5, 0.6) is 0 Å². The Labute approximate surface area is 81.4 Å². The van der Waals surface area contributed by atoms with Crippen molar-refractivity contribution < 1.29 is 9.53 Å². The van der Waals surface area contributed by atoms with Gasteiger partial charge in [-0.3, -0.25) is 0 Å². The van der Waals surface area contributed by atoms with Crippen LogP contribution in [0.1, 0.15) is 17.2 Å².